The van der Waals surface area contributed by atoms with Gasteiger partial charge in [0.2, 0.25) is 5.91 Å². The van der Waals surface area contributed by atoms with Gasteiger partial charge in [-0.05, 0) is 57.9 Å². The van der Waals surface area contributed by atoms with E-state index in [0.717, 1.165) is 26.1 Å². The number of rotatable bonds is 6. The minimum absolute atomic E-state index is 0.0798. The van der Waals surface area contributed by atoms with E-state index < -0.39 is 0 Å². The van der Waals surface area contributed by atoms with E-state index in [1.165, 1.54) is 18.4 Å². The van der Waals surface area contributed by atoms with Crippen LogP contribution < -0.4 is 5.32 Å². The summed E-state index contributed by atoms with van der Waals surface area (Å²) in [5.74, 6) is 1.01. The summed E-state index contributed by atoms with van der Waals surface area (Å²) in [6, 6.07) is 11.1. The van der Waals surface area contributed by atoms with E-state index in [-0.39, 0.29) is 17.9 Å². The molecule has 0 bridgehead atoms. The molecule has 24 heavy (non-hydrogen) atoms. The van der Waals surface area contributed by atoms with Crippen LogP contribution in [-0.4, -0.2) is 55.5 Å². The maximum atomic E-state index is 12.5. The second kappa shape index (κ2) is 7.66. The molecule has 0 radical (unpaired) electrons. The maximum absolute atomic E-state index is 12.5. The highest BCUT2D eigenvalue weighted by atomic mass is 16.2. The standard InChI is InChI=1S/C20H31N3O/c1-15-13-18(15)20(24)21-19(16-7-5-4-6-8-16)14-23(3)17-9-11-22(2)12-10-17/h4-8,15,17-19H,9-14H2,1-3H3,(H,21,24). The Morgan fingerprint density at radius 3 is 2.50 bits per heavy atom. The molecule has 2 aliphatic rings. The molecule has 1 aliphatic carbocycles. The maximum Gasteiger partial charge on any atom is 0.223 e. The zero-order valence-corrected chi connectivity index (χ0v) is 15.2. The lowest BCUT2D eigenvalue weighted by Crippen LogP contribution is -2.45. The normalized spacial score (nSPS) is 26.3. The average Bonchev–Trinajstić information content (AvgIpc) is 3.32. The minimum atomic E-state index is 0.0798. The highest BCUT2D eigenvalue weighted by Gasteiger charge is 2.40. The van der Waals surface area contributed by atoms with Crippen molar-refractivity contribution in [3.8, 4) is 0 Å². The second-order valence-electron chi connectivity index (χ2n) is 7.77. The molecule has 0 spiro atoms. The van der Waals surface area contributed by atoms with Crippen LogP contribution in [0.3, 0.4) is 0 Å². The van der Waals surface area contributed by atoms with Gasteiger partial charge in [-0.3, -0.25) is 4.79 Å². The number of likely N-dealkylation sites (N-methyl/N-ethyl adjacent to an activating group) is 1. The van der Waals surface area contributed by atoms with Crippen molar-refractivity contribution < 1.29 is 4.79 Å². The molecule has 1 amide bonds. The Labute approximate surface area is 146 Å². The number of hydrogen-bond donors (Lipinski definition) is 1. The van der Waals surface area contributed by atoms with E-state index in [4.69, 9.17) is 0 Å². The third-order valence-electron chi connectivity index (χ3n) is 5.75. The molecule has 1 aromatic rings. The van der Waals surface area contributed by atoms with Gasteiger partial charge < -0.3 is 15.1 Å². The Morgan fingerprint density at radius 2 is 1.92 bits per heavy atom. The summed E-state index contributed by atoms with van der Waals surface area (Å²) < 4.78 is 0. The zero-order chi connectivity index (χ0) is 17.1. The third-order valence-corrected chi connectivity index (χ3v) is 5.75. The monoisotopic (exact) mass is 329 g/mol. The van der Waals surface area contributed by atoms with Gasteiger partial charge in [-0.25, -0.2) is 0 Å². The molecule has 3 rings (SSSR count). The molecule has 4 nitrogen and oxygen atoms in total. The Morgan fingerprint density at radius 1 is 1.29 bits per heavy atom. The summed E-state index contributed by atoms with van der Waals surface area (Å²) >= 11 is 0. The fourth-order valence-corrected chi connectivity index (χ4v) is 3.76. The Kier molecular flexibility index (Phi) is 5.57. The highest BCUT2D eigenvalue weighted by molar-refractivity contribution is 5.81. The first kappa shape index (κ1) is 17.4. The van der Waals surface area contributed by atoms with Crippen molar-refractivity contribution >= 4 is 5.91 Å². The van der Waals surface area contributed by atoms with E-state index in [1.807, 2.05) is 6.07 Å². The Hall–Kier alpha value is -1.39. The van der Waals surface area contributed by atoms with Crippen LogP contribution in [0.4, 0.5) is 0 Å². The number of benzene rings is 1. The first-order valence-electron chi connectivity index (χ1n) is 9.28. The average molecular weight is 329 g/mol. The Balaban J connectivity index is 1.64. The van der Waals surface area contributed by atoms with Crippen LogP contribution in [0.15, 0.2) is 30.3 Å². The number of nitrogens with zero attached hydrogens (tertiary/aromatic N) is 2. The van der Waals surface area contributed by atoms with Crippen LogP contribution in [0.25, 0.3) is 0 Å². The molecule has 1 N–H and O–H groups in total. The molecule has 1 heterocycles. The lowest BCUT2D eigenvalue weighted by molar-refractivity contribution is -0.123. The van der Waals surface area contributed by atoms with Gasteiger partial charge >= 0.3 is 0 Å². The van der Waals surface area contributed by atoms with Gasteiger partial charge in [0.15, 0.2) is 0 Å². The first-order valence-corrected chi connectivity index (χ1v) is 9.28. The molecule has 3 unspecified atom stereocenters. The lowest BCUT2D eigenvalue weighted by Gasteiger charge is -2.37. The molecular weight excluding hydrogens is 298 g/mol. The van der Waals surface area contributed by atoms with E-state index in [9.17, 15) is 4.79 Å². The molecule has 2 fully saturated rings. The largest absolute Gasteiger partial charge is 0.348 e. The van der Waals surface area contributed by atoms with Crippen molar-refractivity contribution in [2.24, 2.45) is 11.8 Å². The number of carbonyl (C=O) groups excluding carboxylic acids is 1. The molecule has 1 aromatic carbocycles. The molecule has 3 atom stereocenters. The highest BCUT2D eigenvalue weighted by Crippen LogP contribution is 2.38. The van der Waals surface area contributed by atoms with Crippen LogP contribution in [0.5, 0.6) is 0 Å². The molecular formula is C20H31N3O. The topological polar surface area (TPSA) is 35.6 Å². The summed E-state index contributed by atoms with van der Waals surface area (Å²) in [5, 5.41) is 3.31. The number of carbonyl (C=O) groups is 1. The Bertz CT molecular complexity index is 539. The van der Waals surface area contributed by atoms with E-state index >= 15 is 0 Å². The molecule has 4 heteroatoms. The van der Waals surface area contributed by atoms with Crippen LogP contribution in [-0.2, 0) is 4.79 Å². The summed E-state index contributed by atoms with van der Waals surface area (Å²) in [6.07, 6.45) is 3.46. The number of piperidine rings is 1. The lowest BCUT2D eigenvalue weighted by atomic mass is 10.0. The van der Waals surface area contributed by atoms with Crippen molar-refractivity contribution in [2.75, 3.05) is 33.7 Å². The van der Waals surface area contributed by atoms with Gasteiger partial charge in [0.1, 0.15) is 0 Å². The molecule has 1 saturated carbocycles. The number of hydrogen-bond acceptors (Lipinski definition) is 3. The zero-order valence-electron chi connectivity index (χ0n) is 15.2. The molecule has 1 saturated heterocycles. The van der Waals surface area contributed by atoms with Gasteiger partial charge in [-0.1, -0.05) is 37.3 Å². The van der Waals surface area contributed by atoms with E-state index in [1.54, 1.807) is 0 Å². The fourth-order valence-electron chi connectivity index (χ4n) is 3.76. The van der Waals surface area contributed by atoms with Gasteiger partial charge in [-0.2, -0.15) is 0 Å². The summed E-state index contributed by atoms with van der Waals surface area (Å²) in [4.78, 5) is 17.3. The second-order valence-corrected chi connectivity index (χ2v) is 7.77. The van der Waals surface area contributed by atoms with Crippen LogP contribution >= 0.6 is 0 Å². The predicted molar refractivity (Wildman–Crippen MR) is 97.7 cm³/mol. The molecule has 132 valence electrons. The smallest absolute Gasteiger partial charge is 0.223 e. The fraction of sp³-hybridized carbons (Fsp3) is 0.650. The van der Waals surface area contributed by atoms with Crippen molar-refractivity contribution in [1.29, 1.82) is 0 Å². The van der Waals surface area contributed by atoms with Gasteiger partial charge in [-0.15, -0.1) is 0 Å². The van der Waals surface area contributed by atoms with Gasteiger partial charge in [0.25, 0.3) is 0 Å². The minimum Gasteiger partial charge on any atom is -0.348 e. The van der Waals surface area contributed by atoms with Crippen LogP contribution in [0.2, 0.25) is 0 Å². The van der Waals surface area contributed by atoms with Crippen molar-refractivity contribution in [3.63, 3.8) is 0 Å². The summed E-state index contributed by atoms with van der Waals surface area (Å²) in [5.41, 5.74) is 1.21. The quantitative estimate of drug-likeness (QED) is 0.871. The van der Waals surface area contributed by atoms with Gasteiger partial charge in [0, 0.05) is 18.5 Å². The van der Waals surface area contributed by atoms with Crippen molar-refractivity contribution in [3.05, 3.63) is 35.9 Å². The first-order chi connectivity index (χ1) is 11.5. The van der Waals surface area contributed by atoms with E-state index in [2.05, 4.69) is 60.4 Å². The number of likely N-dealkylation sites (tertiary alicyclic amines) is 1. The van der Waals surface area contributed by atoms with Gasteiger partial charge in [0.05, 0.1) is 6.04 Å². The summed E-state index contributed by atoms with van der Waals surface area (Å²) in [6.45, 7) is 5.37. The van der Waals surface area contributed by atoms with Crippen molar-refractivity contribution in [1.82, 2.24) is 15.1 Å². The van der Waals surface area contributed by atoms with Crippen molar-refractivity contribution in [2.45, 2.75) is 38.3 Å². The SMILES string of the molecule is CC1CC1C(=O)NC(CN(C)C1CCN(C)CC1)c1ccccc1. The van der Waals surface area contributed by atoms with E-state index in [0.29, 0.717) is 12.0 Å². The number of nitrogens with one attached hydrogen (secondary N) is 1. The molecule has 0 aromatic heterocycles. The van der Waals surface area contributed by atoms with Crippen LogP contribution in [0, 0.1) is 11.8 Å². The predicted octanol–water partition coefficient (Wildman–Crippen LogP) is 2.53. The summed E-state index contributed by atoms with van der Waals surface area (Å²) in [7, 11) is 4.40. The van der Waals surface area contributed by atoms with Crippen LogP contribution in [0.1, 0.15) is 37.8 Å². The third kappa shape index (κ3) is 4.37. The number of amides is 1. The molecule has 1 aliphatic heterocycles.